The number of benzene rings is 1. The lowest BCUT2D eigenvalue weighted by atomic mass is 10.1. The second kappa shape index (κ2) is 8.97. The summed E-state index contributed by atoms with van der Waals surface area (Å²) in [6.07, 6.45) is 5.92. The number of carbonyl (C=O) groups excluding carboxylic acids is 1. The zero-order chi connectivity index (χ0) is 18.2. The molecule has 0 aliphatic carbocycles. The monoisotopic (exact) mass is 366 g/mol. The quantitative estimate of drug-likeness (QED) is 0.668. The Hall–Kier alpha value is -2.92. The molecule has 3 rings (SSSR count). The van der Waals surface area contributed by atoms with E-state index >= 15 is 0 Å². The average Bonchev–Trinajstić information content (AvgIpc) is 2.67. The maximum atomic E-state index is 12.1. The van der Waals surface area contributed by atoms with Gasteiger partial charge in [-0.05, 0) is 53.9 Å². The fourth-order valence-corrected chi connectivity index (χ4v) is 2.66. The molecule has 0 aliphatic heterocycles. The van der Waals surface area contributed by atoms with Crippen molar-refractivity contribution >= 4 is 23.2 Å². The normalized spacial score (nSPS) is 10.3. The van der Waals surface area contributed by atoms with Crippen LogP contribution in [0, 0.1) is 0 Å². The zero-order valence-electron chi connectivity index (χ0n) is 14.2. The molecule has 1 amide bonds. The fourth-order valence-electron chi connectivity index (χ4n) is 2.45. The summed E-state index contributed by atoms with van der Waals surface area (Å²) in [5.41, 5.74) is 3.43. The van der Waals surface area contributed by atoms with Crippen LogP contribution in [0.25, 0.3) is 0 Å². The molecule has 0 saturated heterocycles. The molecular weight excluding hydrogens is 348 g/mol. The van der Waals surface area contributed by atoms with Crippen LogP contribution >= 0.6 is 11.6 Å². The van der Waals surface area contributed by atoms with Crippen molar-refractivity contribution in [3.8, 4) is 0 Å². The molecule has 0 spiro atoms. The van der Waals surface area contributed by atoms with Crippen molar-refractivity contribution in [3.63, 3.8) is 0 Å². The van der Waals surface area contributed by atoms with Crippen molar-refractivity contribution < 1.29 is 4.79 Å². The molecule has 0 atom stereocenters. The fraction of sp³-hybridized carbons (Fsp3) is 0.150. The van der Waals surface area contributed by atoms with Crippen LogP contribution in [0.5, 0.6) is 0 Å². The Balaban J connectivity index is 1.47. The van der Waals surface area contributed by atoms with Gasteiger partial charge in [-0.25, -0.2) is 4.98 Å². The van der Waals surface area contributed by atoms with Crippen LogP contribution in [0.3, 0.4) is 0 Å². The highest BCUT2D eigenvalue weighted by Crippen LogP contribution is 2.12. The van der Waals surface area contributed by atoms with Gasteiger partial charge in [-0.3, -0.25) is 9.78 Å². The number of carbonyl (C=O) groups is 1. The number of nitrogens with one attached hydrogen (secondary N) is 2. The molecule has 1 aromatic carbocycles. The van der Waals surface area contributed by atoms with Crippen molar-refractivity contribution in [1.29, 1.82) is 0 Å². The Morgan fingerprint density at radius 2 is 1.88 bits per heavy atom. The lowest BCUT2D eigenvalue weighted by molar-refractivity contribution is 0.0946. The van der Waals surface area contributed by atoms with Gasteiger partial charge in [0.25, 0.3) is 5.91 Å². The van der Waals surface area contributed by atoms with E-state index in [2.05, 4.69) is 20.6 Å². The first kappa shape index (κ1) is 17.9. The Morgan fingerprint density at radius 1 is 1.04 bits per heavy atom. The molecule has 0 unspecified atom stereocenters. The summed E-state index contributed by atoms with van der Waals surface area (Å²) in [7, 11) is 0. The summed E-state index contributed by atoms with van der Waals surface area (Å²) in [5.74, 6) is -0.202. The topological polar surface area (TPSA) is 66.9 Å². The number of amides is 1. The molecule has 132 valence electrons. The Morgan fingerprint density at radius 3 is 2.62 bits per heavy atom. The minimum Gasteiger partial charge on any atom is -0.383 e. The SMILES string of the molecule is O=C(NCc1ccncc1)c1ccc(NCCc2cccc(Cl)c2)cn1. The summed E-state index contributed by atoms with van der Waals surface area (Å²) in [4.78, 5) is 20.3. The molecule has 0 aliphatic rings. The van der Waals surface area contributed by atoms with E-state index in [9.17, 15) is 4.79 Å². The van der Waals surface area contributed by atoms with Gasteiger partial charge in [-0.2, -0.15) is 0 Å². The van der Waals surface area contributed by atoms with Gasteiger partial charge in [0.05, 0.1) is 11.9 Å². The van der Waals surface area contributed by atoms with Crippen molar-refractivity contribution in [2.45, 2.75) is 13.0 Å². The van der Waals surface area contributed by atoms with E-state index in [0.717, 1.165) is 29.2 Å². The summed E-state index contributed by atoms with van der Waals surface area (Å²) in [6.45, 7) is 1.21. The van der Waals surface area contributed by atoms with E-state index in [0.29, 0.717) is 12.2 Å². The van der Waals surface area contributed by atoms with Crippen LogP contribution in [0.1, 0.15) is 21.6 Å². The molecule has 2 N–H and O–H groups in total. The second-order valence-corrected chi connectivity index (χ2v) is 6.21. The van der Waals surface area contributed by atoms with E-state index in [1.54, 1.807) is 24.7 Å². The Labute approximate surface area is 157 Å². The second-order valence-electron chi connectivity index (χ2n) is 5.78. The molecule has 0 radical (unpaired) electrons. The van der Waals surface area contributed by atoms with Gasteiger partial charge in [0.2, 0.25) is 0 Å². The number of halogens is 1. The molecule has 0 saturated carbocycles. The molecule has 6 heteroatoms. The Kier molecular flexibility index (Phi) is 6.17. The van der Waals surface area contributed by atoms with Gasteiger partial charge >= 0.3 is 0 Å². The van der Waals surface area contributed by atoms with Crippen LogP contribution in [0.4, 0.5) is 5.69 Å². The smallest absolute Gasteiger partial charge is 0.270 e. The van der Waals surface area contributed by atoms with E-state index in [-0.39, 0.29) is 5.91 Å². The van der Waals surface area contributed by atoms with Crippen molar-refractivity contribution in [3.05, 3.63) is 89.0 Å². The zero-order valence-corrected chi connectivity index (χ0v) is 14.9. The van der Waals surface area contributed by atoms with Gasteiger partial charge in [-0.15, -0.1) is 0 Å². The first-order valence-corrected chi connectivity index (χ1v) is 8.70. The van der Waals surface area contributed by atoms with Gasteiger partial charge in [0.15, 0.2) is 0 Å². The Bertz CT molecular complexity index is 853. The van der Waals surface area contributed by atoms with Crippen LogP contribution in [0.2, 0.25) is 5.02 Å². The lowest BCUT2D eigenvalue weighted by Gasteiger charge is -2.08. The van der Waals surface area contributed by atoms with Crippen LogP contribution in [0.15, 0.2) is 67.1 Å². The number of rotatable bonds is 7. The predicted molar refractivity (Wildman–Crippen MR) is 103 cm³/mol. The molecule has 3 aromatic rings. The molecule has 26 heavy (non-hydrogen) atoms. The van der Waals surface area contributed by atoms with Crippen molar-refractivity contribution in [2.75, 3.05) is 11.9 Å². The highest BCUT2D eigenvalue weighted by molar-refractivity contribution is 6.30. The summed E-state index contributed by atoms with van der Waals surface area (Å²) >= 11 is 5.98. The largest absolute Gasteiger partial charge is 0.383 e. The van der Waals surface area contributed by atoms with Gasteiger partial charge < -0.3 is 10.6 Å². The average molecular weight is 367 g/mol. The minimum absolute atomic E-state index is 0.202. The molecule has 0 bridgehead atoms. The van der Waals surface area contributed by atoms with Gasteiger partial charge in [0, 0.05) is 30.5 Å². The summed E-state index contributed by atoms with van der Waals surface area (Å²) in [6, 6.07) is 15.1. The highest BCUT2D eigenvalue weighted by Gasteiger charge is 2.06. The minimum atomic E-state index is -0.202. The number of hydrogen-bond donors (Lipinski definition) is 2. The number of aromatic nitrogens is 2. The lowest BCUT2D eigenvalue weighted by Crippen LogP contribution is -2.23. The van der Waals surface area contributed by atoms with Crippen LogP contribution in [-0.2, 0) is 13.0 Å². The molecule has 2 heterocycles. The van der Waals surface area contributed by atoms with Gasteiger partial charge in [-0.1, -0.05) is 23.7 Å². The highest BCUT2D eigenvalue weighted by atomic mass is 35.5. The maximum Gasteiger partial charge on any atom is 0.270 e. The molecule has 2 aromatic heterocycles. The van der Waals surface area contributed by atoms with E-state index in [1.165, 1.54) is 5.56 Å². The van der Waals surface area contributed by atoms with Gasteiger partial charge in [0.1, 0.15) is 5.69 Å². The van der Waals surface area contributed by atoms with E-state index in [1.807, 2.05) is 42.5 Å². The third-order valence-electron chi connectivity index (χ3n) is 3.83. The number of nitrogens with zero attached hydrogens (tertiary/aromatic N) is 2. The summed E-state index contributed by atoms with van der Waals surface area (Å²) in [5, 5.41) is 6.88. The number of pyridine rings is 2. The number of anilines is 1. The third-order valence-corrected chi connectivity index (χ3v) is 4.07. The molecule has 5 nitrogen and oxygen atoms in total. The van der Waals surface area contributed by atoms with E-state index in [4.69, 9.17) is 11.6 Å². The van der Waals surface area contributed by atoms with Crippen molar-refractivity contribution in [1.82, 2.24) is 15.3 Å². The van der Waals surface area contributed by atoms with Crippen LogP contribution in [-0.4, -0.2) is 22.4 Å². The van der Waals surface area contributed by atoms with Crippen LogP contribution < -0.4 is 10.6 Å². The van der Waals surface area contributed by atoms with Crippen molar-refractivity contribution in [2.24, 2.45) is 0 Å². The number of hydrogen-bond acceptors (Lipinski definition) is 4. The predicted octanol–water partition coefficient (Wildman–Crippen LogP) is 3.71. The first-order valence-electron chi connectivity index (χ1n) is 8.32. The first-order chi connectivity index (χ1) is 12.7. The molecule has 0 fully saturated rings. The maximum absolute atomic E-state index is 12.1. The third kappa shape index (κ3) is 5.29. The molecular formula is C20H19ClN4O. The summed E-state index contributed by atoms with van der Waals surface area (Å²) < 4.78 is 0. The van der Waals surface area contributed by atoms with E-state index < -0.39 is 0 Å². The standard InChI is InChI=1S/C20H19ClN4O/c21-17-3-1-2-15(12-17)8-11-23-18-4-5-19(24-14-18)20(26)25-13-16-6-9-22-10-7-16/h1-7,9-10,12,14,23H,8,11,13H2,(H,25,26).